The van der Waals surface area contributed by atoms with Crippen molar-refractivity contribution in [2.75, 3.05) is 14.2 Å². The number of para-hydroxylation sites is 1. The van der Waals surface area contributed by atoms with Crippen molar-refractivity contribution in [3.05, 3.63) is 89.5 Å². The zero-order valence-electron chi connectivity index (χ0n) is 16.7. The van der Waals surface area contributed by atoms with Gasteiger partial charge in [-0.3, -0.25) is 9.59 Å². The fourth-order valence-electron chi connectivity index (χ4n) is 2.73. The maximum atomic E-state index is 12.8. The summed E-state index contributed by atoms with van der Waals surface area (Å²) in [6.07, 6.45) is 2.96. The normalized spacial score (nSPS) is 10.9. The van der Waals surface area contributed by atoms with E-state index < -0.39 is 11.8 Å². The number of methoxy groups -OCH3 is 2. The summed E-state index contributed by atoms with van der Waals surface area (Å²) in [6.45, 7) is 0.233. The first-order valence-electron chi connectivity index (χ1n) is 9.21. The number of rotatable bonds is 8. The Morgan fingerprint density at radius 1 is 0.967 bits per heavy atom. The van der Waals surface area contributed by atoms with Crippen LogP contribution in [0.15, 0.2) is 77.0 Å². The molecule has 0 unspecified atom stereocenters. The highest BCUT2D eigenvalue weighted by molar-refractivity contribution is 6.05. The highest BCUT2D eigenvalue weighted by Crippen LogP contribution is 2.17. The molecular formula is C23H22N2O5. The third kappa shape index (κ3) is 5.29. The summed E-state index contributed by atoms with van der Waals surface area (Å²) >= 11 is 0. The average Bonchev–Trinajstić information content (AvgIpc) is 3.30. The second-order valence-corrected chi connectivity index (χ2v) is 6.25. The lowest BCUT2D eigenvalue weighted by atomic mass is 10.2. The van der Waals surface area contributed by atoms with Crippen LogP contribution >= 0.6 is 0 Å². The van der Waals surface area contributed by atoms with Crippen LogP contribution in [0.5, 0.6) is 11.5 Å². The van der Waals surface area contributed by atoms with Crippen molar-refractivity contribution >= 4 is 17.9 Å². The van der Waals surface area contributed by atoms with Gasteiger partial charge in [0.1, 0.15) is 23.0 Å². The van der Waals surface area contributed by atoms with E-state index in [1.807, 2.05) is 24.3 Å². The van der Waals surface area contributed by atoms with Gasteiger partial charge in [-0.2, -0.15) is 0 Å². The van der Waals surface area contributed by atoms with Crippen LogP contribution in [0.4, 0.5) is 0 Å². The first-order valence-corrected chi connectivity index (χ1v) is 9.21. The summed E-state index contributed by atoms with van der Waals surface area (Å²) in [5, 5.41) is 5.45. The number of benzene rings is 2. The van der Waals surface area contributed by atoms with E-state index >= 15 is 0 Å². The molecule has 1 heterocycles. The zero-order chi connectivity index (χ0) is 21.3. The first kappa shape index (κ1) is 20.7. The number of hydrogen-bond acceptors (Lipinski definition) is 5. The van der Waals surface area contributed by atoms with Crippen molar-refractivity contribution in [3.63, 3.8) is 0 Å². The molecule has 154 valence electrons. The number of hydrogen-bond donors (Lipinski definition) is 2. The number of ether oxygens (including phenoxy) is 2. The van der Waals surface area contributed by atoms with Crippen LogP contribution in [0.2, 0.25) is 0 Å². The first-order chi connectivity index (χ1) is 14.6. The molecule has 2 N–H and O–H groups in total. The lowest BCUT2D eigenvalue weighted by Gasteiger charge is -2.12. The monoisotopic (exact) mass is 406 g/mol. The van der Waals surface area contributed by atoms with E-state index in [9.17, 15) is 9.59 Å². The summed E-state index contributed by atoms with van der Waals surface area (Å²) in [6, 6.07) is 17.3. The van der Waals surface area contributed by atoms with E-state index in [0.29, 0.717) is 22.8 Å². The second-order valence-electron chi connectivity index (χ2n) is 6.25. The number of nitrogens with one attached hydrogen (secondary N) is 2. The van der Waals surface area contributed by atoms with Crippen molar-refractivity contribution in [3.8, 4) is 11.5 Å². The predicted octanol–water partition coefficient (Wildman–Crippen LogP) is 3.38. The van der Waals surface area contributed by atoms with E-state index in [0.717, 1.165) is 5.56 Å². The van der Waals surface area contributed by atoms with E-state index in [4.69, 9.17) is 13.9 Å². The number of carbonyl (C=O) groups excluding carboxylic acids is 2. The molecular weight excluding hydrogens is 384 g/mol. The summed E-state index contributed by atoms with van der Waals surface area (Å²) in [5.41, 5.74) is 1.26. The van der Waals surface area contributed by atoms with Crippen LogP contribution < -0.4 is 20.1 Å². The van der Waals surface area contributed by atoms with Crippen LogP contribution in [0.25, 0.3) is 6.08 Å². The van der Waals surface area contributed by atoms with Crippen molar-refractivity contribution < 1.29 is 23.5 Å². The minimum Gasteiger partial charge on any atom is -0.497 e. The Bertz CT molecular complexity index is 1020. The van der Waals surface area contributed by atoms with Crippen molar-refractivity contribution in [2.24, 2.45) is 0 Å². The molecule has 0 aliphatic carbocycles. The summed E-state index contributed by atoms with van der Waals surface area (Å²) in [5.74, 6) is 0.846. The minimum atomic E-state index is -0.459. The summed E-state index contributed by atoms with van der Waals surface area (Å²) < 4.78 is 15.7. The number of carbonyl (C=O) groups is 2. The molecule has 7 nitrogen and oxygen atoms in total. The van der Waals surface area contributed by atoms with Crippen molar-refractivity contribution in [1.82, 2.24) is 10.6 Å². The van der Waals surface area contributed by atoms with Crippen LogP contribution in [-0.4, -0.2) is 26.0 Å². The maximum absolute atomic E-state index is 12.8. The van der Waals surface area contributed by atoms with Gasteiger partial charge in [0.25, 0.3) is 11.8 Å². The van der Waals surface area contributed by atoms with Gasteiger partial charge in [-0.1, -0.05) is 18.2 Å². The van der Waals surface area contributed by atoms with Gasteiger partial charge in [0.05, 0.1) is 20.5 Å². The molecule has 0 saturated carbocycles. The van der Waals surface area contributed by atoms with Crippen molar-refractivity contribution in [2.45, 2.75) is 6.54 Å². The topological polar surface area (TPSA) is 89.8 Å². The van der Waals surface area contributed by atoms with Gasteiger partial charge < -0.3 is 24.5 Å². The largest absolute Gasteiger partial charge is 0.497 e. The highest BCUT2D eigenvalue weighted by atomic mass is 16.5. The SMILES string of the molecule is COc1ccc(C(=O)N/C(=C\c2ccco2)C(=O)NCc2ccccc2OC)cc1. The Kier molecular flexibility index (Phi) is 6.89. The maximum Gasteiger partial charge on any atom is 0.268 e. The molecule has 0 aliphatic heterocycles. The molecule has 3 aromatic rings. The third-order valence-corrected chi connectivity index (χ3v) is 4.31. The van der Waals surface area contributed by atoms with Crippen molar-refractivity contribution in [1.29, 1.82) is 0 Å². The molecule has 30 heavy (non-hydrogen) atoms. The molecule has 0 fully saturated rings. The van der Waals surface area contributed by atoms with Gasteiger partial charge in [0.2, 0.25) is 0 Å². The molecule has 3 rings (SSSR count). The van der Waals surface area contributed by atoms with E-state index in [1.165, 1.54) is 12.3 Å². The zero-order valence-corrected chi connectivity index (χ0v) is 16.7. The average molecular weight is 406 g/mol. The lowest BCUT2D eigenvalue weighted by molar-refractivity contribution is -0.117. The van der Waals surface area contributed by atoms with Gasteiger partial charge in [-0.25, -0.2) is 0 Å². The van der Waals surface area contributed by atoms with Crippen LogP contribution in [-0.2, 0) is 11.3 Å². The molecule has 7 heteroatoms. The molecule has 0 aliphatic rings. The molecule has 2 aromatic carbocycles. The summed E-state index contributed by atoms with van der Waals surface area (Å²) in [7, 11) is 3.11. The highest BCUT2D eigenvalue weighted by Gasteiger charge is 2.16. The predicted molar refractivity (Wildman–Crippen MR) is 112 cm³/mol. The van der Waals surface area contributed by atoms with Gasteiger partial charge in [0.15, 0.2) is 0 Å². The molecule has 0 spiro atoms. The second kappa shape index (κ2) is 9.97. The minimum absolute atomic E-state index is 0.0562. The van der Waals surface area contributed by atoms with E-state index in [-0.39, 0.29) is 12.2 Å². The molecule has 2 amide bonds. The van der Waals surface area contributed by atoms with Gasteiger partial charge in [-0.05, 0) is 42.5 Å². The molecule has 0 bridgehead atoms. The third-order valence-electron chi connectivity index (χ3n) is 4.31. The smallest absolute Gasteiger partial charge is 0.268 e. The van der Waals surface area contributed by atoms with Gasteiger partial charge in [0, 0.05) is 23.7 Å². The fraction of sp³-hybridized carbons (Fsp3) is 0.130. The molecule has 0 saturated heterocycles. The standard InChI is InChI=1S/C23H22N2O5/c1-28-18-11-9-16(10-12-18)22(26)25-20(14-19-7-5-13-30-19)23(27)24-15-17-6-3-4-8-21(17)29-2/h3-14H,15H2,1-2H3,(H,24,27)(H,25,26)/b20-14-. The van der Waals surface area contributed by atoms with Crippen LogP contribution in [0, 0.1) is 0 Å². The Balaban J connectivity index is 1.76. The Morgan fingerprint density at radius 3 is 2.40 bits per heavy atom. The molecule has 0 atom stereocenters. The Labute approximate surface area is 174 Å². The molecule has 1 aromatic heterocycles. The number of amides is 2. The Hall–Kier alpha value is -4.00. The van der Waals surface area contributed by atoms with Crippen LogP contribution in [0.3, 0.4) is 0 Å². The quantitative estimate of drug-likeness (QED) is 0.560. The lowest BCUT2D eigenvalue weighted by Crippen LogP contribution is -2.34. The van der Waals surface area contributed by atoms with Gasteiger partial charge >= 0.3 is 0 Å². The number of furan rings is 1. The summed E-state index contributed by atoms with van der Waals surface area (Å²) in [4.78, 5) is 25.5. The molecule has 0 radical (unpaired) electrons. The van der Waals surface area contributed by atoms with E-state index in [2.05, 4.69) is 10.6 Å². The fourth-order valence-corrected chi connectivity index (χ4v) is 2.73. The van der Waals surface area contributed by atoms with E-state index in [1.54, 1.807) is 50.6 Å². The van der Waals surface area contributed by atoms with Crippen LogP contribution in [0.1, 0.15) is 21.7 Å². The van der Waals surface area contributed by atoms with Gasteiger partial charge in [-0.15, -0.1) is 0 Å². The Morgan fingerprint density at radius 2 is 1.73 bits per heavy atom.